The molecule has 3 rings (SSSR count). The third-order valence-corrected chi connectivity index (χ3v) is 3.80. The second-order valence-corrected chi connectivity index (χ2v) is 5.42. The summed E-state index contributed by atoms with van der Waals surface area (Å²) in [4.78, 5) is 18.7. The molecule has 1 fully saturated rings. The fourth-order valence-electron chi connectivity index (χ4n) is 2.56. The molecule has 2 aromatic rings. The van der Waals surface area contributed by atoms with Crippen LogP contribution in [0.4, 0.5) is 5.82 Å². The Bertz CT molecular complexity index is 598. The van der Waals surface area contributed by atoms with Gasteiger partial charge >= 0.3 is 0 Å². The molecule has 0 aromatic carbocycles. The van der Waals surface area contributed by atoms with E-state index in [1.807, 2.05) is 17.0 Å². The number of nitrogens with one attached hydrogen (secondary N) is 1. The second-order valence-electron chi connectivity index (χ2n) is 4.98. The molecule has 110 valence electrons. The summed E-state index contributed by atoms with van der Waals surface area (Å²) < 4.78 is 5.22. The van der Waals surface area contributed by atoms with Crippen molar-refractivity contribution < 1.29 is 9.21 Å². The number of halogens is 1. The Morgan fingerprint density at radius 1 is 1.48 bits per heavy atom. The van der Waals surface area contributed by atoms with E-state index in [2.05, 4.69) is 10.3 Å². The van der Waals surface area contributed by atoms with Crippen molar-refractivity contribution in [2.45, 2.75) is 25.4 Å². The molecule has 0 bridgehead atoms. The van der Waals surface area contributed by atoms with Gasteiger partial charge in [-0.3, -0.25) is 4.79 Å². The summed E-state index contributed by atoms with van der Waals surface area (Å²) >= 11 is 5.85. The van der Waals surface area contributed by atoms with Crippen LogP contribution in [0.1, 0.15) is 18.6 Å². The molecular weight excluding hydrogens is 290 g/mol. The minimum absolute atomic E-state index is 0.000602. The number of carbonyl (C=O) groups excluding carboxylic acids is 1. The van der Waals surface area contributed by atoms with E-state index in [0.717, 1.165) is 31.0 Å². The first kappa shape index (κ1) is 13.9. The maximum absolute atomic E-state index is 12.3. The molecule has 6 heteroatoms. The SMILES string of the molecule is O=C(NCc1ccco1)[C@@H]1CCCN1c1ccc(Cl)cn1. The summed E-state index contributed by atoms with van der Waals surface area (Å²) in [6, 6.07) is 7.10. The van der Waals surface area contributed by atoms with Gasteiger partial charge in [-0.1, -0.05) is 11.6 Å². The van der Waals surface area contributed by atoms with Crippen molar-refractivity contribution in [3.05, 3.63) is 47.5 Å². The average molecular weight is 306 g/mol. The van der Waals surface area contributed by atoms with E-state index in [1.165, 1.54) is 0 Å². The first-order chi connectivity index (χ1) is 10.2. The quantitative estimate of drug-likeness (QED) is 0.943. The van der Waals surface area contributed by atoms with Crippen molar-refractivity contribution in [2.75, 3.05) is 11.4 Å². The summed E-state index contributed by atoms with van der Waals surface area (Å²) in [6.07, 6.45) is 5.01. The molecule has 0 radical (unpaired) electrons. The molecule has 3 heterocycles. The summed E-state index contributed by atoms with van der Waals surface area (Å²) in [5.41, 5.74) is 0. The minimum Gasteiger partial charge on any atom is -0.467 e. The van der Waals surface area contributed by atoms with Crippen molar-refractivity contribution in [3.63, 3.8) is 0 Å². The predicted molar refractivity (Wildman–Crippen MR) is 80.2 cm³/mol. The lowest BCUT2D eigenvalue weighted by molar-refractivity contribution is -0.122. The van der Waals surface area contributed by atoms with Crippen LogP contribution in [0.15, 0.2) is 41.1 Å². The lowest BCUT2D eigenvalue weighted by Gasteiger charge is -2.24. The first-order valence-corrected chi connectivity index (χ1v) is 7.30. The zero-order valence-electron chi connectivity index (χ0n) is 11.5. The van der Waals surface area contributed by atoms with Gasteiger partial charge in [0.25, 0.3) is 0 Å². The summed E-state index contributed by atoms with van der Waals surface area (Å²) in [6.45, 7) is 1.23. The molecule has 1 aliphatic rings. The van der Waals surface area contributed by atoms with E-state index < -0.39 is 0 Å². The first-order valence-electron chi connectivity index (χ1n) is 6.92. The average Bonchev–Trinajstić information content (AvgIpc) is 3.17. The highest BCUT2D eigenvalue weighted by Gasteiger charge is 2.31. The Morgan fingerprint density at radius 3 is 3.10 bits per heavy atom. The molecule has 5 nitrogen and oxygen atoms in total. The number of amides is 1. The van der Waals surface area contributed by atoms with Crippen LogP contribution in [-0.4, -0.2) is 23.5 Å². The van der Waals surface area contributed by atoms with Crippen LogP contribution in [0.3, 0.4) is 0 Å². The fourth-order valence-corrected chi connectivity index (χ4v) is 2.67. The van der Waals surface area contributed by atoms with Crippen LogP contribution in [0.5, 0.6) is 0 Å². The summed E-state index contributed by atoms with van der Waals surface area (Å²) in [7, 11) is 0. The van der Waals surface area contributed by atoms with Gasteiger partial charge < -0.3 is 14.6 Å². The highest BCUT2D eigenvalue weighted by atomic mass is 35.5. The van der Waals surface area contributed by atoms with Crippen LogP contribution in [0.25, 0.3) is 0 Å². The number of carbonyl (C=O) groups is 1. The largest absolute Gasteiger partial charge is 0.467 e. The third kappa shape index (κ3) is 3.19. The fraction of sp³-hybridized carbons (Fsp3) is 0.333. The molecule has 0 saturated carbocycles. The number of hydrogen-bond acceptors (Lipinski definition) is 4. The highest BCUT2D eigenvalue weighted by molar-refractivity contribution is 6.30. The number of furan rings is 1. The van der Waals surface area contributed by atoms with E-state index in [9.17, 15) is 4.79 Å². The van der Waals surface area contributed by atoms with Crippen LogP contribution >= 0.6 is 11.6 Å². The maximum Gasteiger partial charge on any atom is 0.243 e. The summed E-state index contributed by atoms with van der Waals surface area (Å²) in [5, 5.41) is 3.50. The number of rotatable bonds is 4. The molecule has 1 N–H and O–H groups in total. The molecule has 1 aliphatic heterocycles. The monoisotopic (exact) mass is 305 g/mol. The minimum atomic E-state index is -0.186. The zero-order valence-corrected chi connectivity index (χ0v) is 12.2. The molecule has 0 unspecified atom stereocenters. The molecule has 1 atom stereocenters. The van der Waals surface area contributed by atoms with Crippen LogP contribution < -0.4 is 10.2 Å². The van der Waals surface area contributed by atoms with Gasteiger partial charge in [0, 0.05) is 12.7 Å². The number of aromatic nitrogens is 1. The van der Waals surface area contributed by atoms with Crippen molar-refractivity contribution >= 4 is 23.3 Å². The second kappa shape index (κ2) is 6.18. The van der Waals surface area contributed by atoms with E-state index in [0.29, 0.717) is 11.6 Å². The Balaban J connectivity index is 1.65. The van der Waals surface area contributed by atoms with Gasteiger partial charge in [0.2, 0.25) is 5.91 Å². The number of pyridine rings is 1. The van der Waals surface area contributed by atoms with Gasteiger partial charge in [0.05, 0.1) is 17.8 Å². The van der Waals surface area contributed by atoms with Crippen LogP contribution in [0, 0.1) is 0 Å². The van der Waals surface area contributed by atoms with Crippen molar-refractivity contribution in [1.82, 2.24) is 10.3 Å². The number of anilines is 1. The Labute approximate surface area is 127 Å². The van der Waals surface area contributed by atoms with Gasteiger partial charge in [0.1, 0.15) is 17.6 Å². The Kier molecular flexibility index (Phi) is 4.10. The molecule has 1 saturated heterocycles. The van der Waals surface area contributed by atoms with Gasteiger partial charge in [-0.2, -0.15) is 0 Å². The van der Waals surface area contributed by atoms with E-state index in [1.54, 1.807) is 24.6 Å². The number of hydrogen-bond donors (Lipinski definition) is 1. The van der Waals surface area contributed by atoms with Crippen molar-refractivity contribution in [1.29, 1.82) is 0 Å². The highest BCUT2D eigenvalue weighted by Crippen LogP contribution is 2.24. The van der Waals surface area contributed by atoms with Crippen LogP contribution in [-0.2, 0) is 11.3 Å². The standard InChI is InChI=1S/C15H16ClN3O2/c16-11-5-6-14(17-9-11)19-7-1-4-13(19)15(20)18-10-12-3-2-8-21-12/h2-3,5-6,8-9,13H,1,4,7,10H2,(H,18,20)/t13-/m0/s1. The predicted octanol–water partition coefficient (Wildman–Crippen LogP) is 2.61. The maximum atomic E-state index is 12.3. The third-order valence-electron chi connectivity index (χ3n) is 3.58. The molecule has 21 heavy (non-hydrogen) atoms. The van der Waals surface area contributed by atoms with E-state index in [4.69, 9.17) is 16.0 Å². The molecular formula is C15H16ClN3O2. The van der Waals surface area contributed by atoms with Gasteiger partial charge in [-0.25, -0.2) is 4.98 Å². The van der Waals surface area contributed by atoms with Gasteiger partial charge in [-0.15, -0.1) is 0 Å². The topological polar surface area (TPSA) is 58.4 Å². The Morgan fingerprint density at radius 2 is 2.38 bits per heavy atom. The van der Waals surface area contributed by atoms with Gasteiger partial charge in [-0.05, 0) is 37.1 Å². The lowest BCUT2D eigenvalue weighted by atomic mass is 10.2. The van der Waals surface area contributed by atoms with E-state index in [-0.39, 0.29) is 11.9 Å². The van der Waals surface area contributed by atoms with Crippen LogP contribution in [0.2, 0.25) is 5.02 Å². The van der Waals surface area contributed by atoms with Crippen molar-refractivity contribution in [3.8, 4) is 0 Å². The molecule has 0 spiro atoms. The van der Waals surface area contributed by atoms with Gasteiger partial charge in [0.15, 0.2) is 0 Å². The Hall–Kier alpha value is -2.01. The lowest BCUT2D eigenvalue weighted by Crippen LogP contribution is -2.43. The molecule has 0 aliphatic carbocycles. The normalized spacial score (nSPS) is 18.0. The van der Waals surface area contributed by atoms with E-state index >= 15 is 0 Å². The smallest absolute Gasteiger partial charge is 0.243 e. The van der Waals surface area contributed by atoms with Crippen molar-refractivity contribution in [2.24, 2.45) is 0 Å². The zero-order chi connectivity index (χ0) is 14.7. The molecule has 2 aromatic heterocycles. The summed E-state index contributed by atoms with van der Waals surface area (Å²) in [5.74, 6) is 1.54. The number of nitrogens with zero attached hydrogens (tertiary/aromatic N) is 2. The molecule has 1 amide bonds.